The van der Waals surface area contributed by atoms with E-state index in [-0.39, 0.29) is 0 Å². The maximum atomic E-state index is 9.94. The fraction of sp³-hybridized carbons (Fsp3) is 0.111. The van der Waals surface area contributed by atoms with Gasteiger partial charge in [0.05, 0.1) is 5.69 Å². The molecule has 1 rings (SSSR count). The van der Waals surface area contributed by atoms with Crippen LogP contribution in [0.1, 0.15) is 11.3 Å². The van der Waals surface area contributed by atoms with Crippen LogP contribution in [-0.4, -0.2) is 11.3 Å². The molecule has 0 atom stereocenters. The number of halogens is 1. The van der Waals surface area contributed by atoms with Crippen molar-refractivity contribution in [1.29, 1.82) is 0 Å². The lowest BCUT2D eigenvalue weighted by molar-refractivity contribution is -0.103. The van der Waals surface area contributed by atoms with Crippen LogP contribution in [0.4, 0.5) is 0 Å². The Morgan fingerprint density at radius 3 is 2.92 bits per heavy atom. The normalized spacial score (nSPS) is 8.50. The summed E-state index contributed by atoms with van der Waals surface area (Å²) < 4.78 is 0. The minimum absolute atomic E-state index is 0.434. The van der Waals surface area contributed by atoms with Crippen molar-refractivity contribution >= 4 is 17.9 Å². The van der Waals surface area contributed by atoms with Gasteiger partial charge < -0.3 is 0 Å². The van der Waals surface area contributed by atoms with Crippen molar-refractivity contribution in [3.8, 4) is 11.8 Å². The summed E-state index contributed by atoms with van der Waals surface area (Å²) in [4.78, 5) is 13.9. The Hall–Kier alpha value is -1.33. The summed E-state index contributed by atoms with van der Waals surface area (Å²) in [6.45, 7) is 1.79. The number of carbonyl (C=O) groups excluding carboxylic acids is 1. The Morgan fingerprint density at radius 2 is 2.33 bits per heavy atom. The van der Waals surface area contributed by atoms with Crippen LogP contribution in [0.3, 0.4) is 0 Å². The number of nitrogens with zero attached hydrogens (tertiary/aromatic N) is 1. The molecular formula is C9H6ClNO. The van der Waals surface area contributed by atoms with Gasteiger partial charge in [-0.15, -0.1) is 0 Å². The second-order valence-corrected chi connectivity index (χ2v) is 2.54. The fourth-order valence-electron chi connectivity index (χ4n) is 0.770. The molecule has 0 aromatic carbocycles. The molecule has 0 radical (unpaired) electrons. The number of aryl methyl sites for hydroxylation is 1. The third-order valence-corrected chi connectivity index (χ3v) is 1.53. The van der Waals surface area contributed by atoms with Gasteiger partial charge in [0.15, 0.2) is 6.29 Å². The lowest BCUT2D eigenvalue weighted by atomic mass is 10.2. The van der Waals surface area contributed by atoms with Crippen LogP contribution >= 0.6 is 11.6 Å². The first-order chi connectivity index (χ1) is 5.74. The molecule has 1 aromatic rings. The minimum Gasteiger partial charge on any atom is -0.289 e. The smallest absolute Gasteiger partial charge is 0.193 e. The van der Waals surface area contributed by atoms with Gasteiger partial charge in [-0.2, -0.15) is 0 Å². The van der Waals surface area contributed by atoms with Crippen LogP contribution in [0.2, 0.25) is 5.15 Å². The van der Waals surface area contributed by atoms with E-state index in [1.54, 1.807) is 19.1 Å². The van der Waals surface area contributed by atoms with Crippen molar-refractivity contribution in [1.82, 2.24) is 4.98 Å². The van der Waals surface area contributed by atoms with Crippen molar-refractivity contribution in [3.63, 3.8) is 0 Å². The van der Waals surface area contributed by atoms with Crippen molar-refractivity contribution in [3.05, 3.63) is 28.5 Å². The van der Waals surface area contributed by atoms with E-state index in [9.17, 15) is 4.79 Å². The molecule has 0 bridgehead atoms. The highest BCUT2D eigenvalue weighted by atomic mass is 35.5. The predicted octanol–water partition coefficient (Wildman–Crippen LogP) is 1.59. The molecule has 0 spiro atoms. The molecule has 3 heteroatoms. The molecule has 0 fully saturated rings. The zero-order chi connectivity index (χ0) is 8.97. The van der Waals surface area contributed by atoms with Gasteiger partial charge in [-0.3, -0.25) is 4.79 Å². The Labute approximate surface area is 75.6 Å². The third-order valence-electron chi connectivity index (χ3n) is 1.32. The Kier molecular flexibility index (Phi) is 2.84. The number of rotatable bonds is 0. The third kappa shape index (κ3) is 2.08. The van der Waals surface area contributed by atoms with Gasteiger partial charge in [-0.05, 0) is 25.0 Å². The van der Waals surface area contributed by atoms with Crippen LogP contribution in [-0.2, 0) is 4.79 Å². The predicted molar refractivity (Wildman–Crippen MR) is 46.9 cm³/mol. The van der Waals surface area contributed by atoms with Gasteiger partial charge in [0.2, 0.25) is 0 Å². The Morgan fingerprint density at radius 1 is 1.58 bits per heavy atom. The van der Waals surface area contributed by atoms with Crippen LogP contribution in [0, 0.1) is 18.8 Å². The molecule has 0 unspecified atom stereocenters. The number of carbonyl (C=O) groups is 1. The van der Waals surface area contributed by atoms with E-state index in [4.69, 9.17) is 11.6 Å². The molecule has 60 valence electrons. The van der Waals surface area contributed by atoms with Crippen molar-refractivity contribution < 1.29 is 4.79 Å². The van der Waals surface area contributed by atoms with E-state index in [1.165, 1.54) is 0 Å². The largest absolute Gasteiger partial charge is 0.289 e. The lowest BCUT2D eigenvalue weighted by Gasteiger charge is -1.95. The van der Waals surface area contributed by atoms with Gasteiger partial charge in [0.1, 0.15) is 5.15 Å². The van der Waals surface area contributed by atoms with Gasteiger partial charge >= 0.3 is 0 Å². The Bertz CT molecular complexity index is 363. The quantitative estimate of drug-likeness (QED) is 0.344. The number of aldehydes is 1. The van der Waals surface area contributed by atoms with E-state index in [1.807, 2.05) is 0 Å². The molecule has 0 saturated heterocycles. The average molecular weight is 180 g/mol. The van der Waals surface area contributed by atoms with Crippen molar-refractivity contribution in [2.24, 2.45) is 0 Å². The lowest BCUT2D eigenvalue weighted by Crippen LogP contribution is -1.86. The second kappa shape index (κ2) is 3.89. The van der Waals surface area contributed by atoms with E-state index < -0.39 is 0 Å². The molecule has 0 N–H and O–H groups in total. The summed E-state index contributed by atoms with van der Waals surface area (Å²) in [5.41, 5.74) is 1.46. The first kappa shape index (κ1) is 8.76. The molecule has 0 saturated carbocycles. The molecule has 0 aliphatic carbocycles. The highest BCUT2D eigenvalue weighted by Crippen LogP contribution is 2.08. The van der Waals surface area contributed by atoms with Crippen LogP contribution in [0.15, 0.2) is 12.1 Å². The molecular weight excluding hydrogens is 174 g/mol. The zero-order valence-corrected chi connectivity index (χ0v) is 7.22. The summed E-state index contributed by atoms with van der Waals surface area (Å²) in [6.07, 6.45) is 0.550. The number of hydrogen-bond acceptors (Lipinski definition) is 2. The van der Waals surface area contributed by atoms with E-state index in [0.29, 0.717) is 11.4 Å². The van der Waals surface area contributed by atoms with Gasteiger partial charge in [0, 0.05) is 5.56 Å². The van der Waals surface area contributed by atoms with Gasteiger partial charge in [0.25, 0.3) is 0 Å². The van der Waals surface area contributed by atoms with Gasteiger partial charge in [-0.25, -0.2) is 4.98 Å². The summed E-state index contributed by atoms with van der Waals surface area (Å²) in [5.74, 6) is 4.96. The molecule has 12 heavy (non-hydrogen) atoms. The number of hydrogen-bond donors (Lipinski definition) is 0. The topological polar surface area (TPSA) is 30.0 Å². The summed E-state index contributed by atoms with van der Waals surface area (Å²) in [6, 6.07) is 3.38. The standard InChI is InChI=1S/C9H6ClNO/c1-7-8(3-2-6-12)4-5-9(10)11-7/h4-6H,1H3. The van der Waals surface area contributed by atoms with Crippen molar-refractivity contribution in [2.45, 2.75) is 6.92 Å². The van der Waals surface area contributed by atoms with Crippen LogP contribution in [0.5, 0.6) is 0 Å². The first-order valence-corrected chi connectivity index (χ1v) is 3.70. The molecule has 0 aliphatic rings. The molecule has 2 nitrogen and oxygen atoms in total. The maximum Gasteiger partial charge on any atom is 0.193 e. The molecule has 1 aromatic heterocycles. The highest BCUT2D eigenvalue weighted by Gasteiger charge is 1.95. The average Bonchev–Trinajstić information content (AvgIpc) is 2.03. The first-order valence-electron chi connectivity index (χ1n) is 3.32. The van der Waals surface area contributed by atoms with E-state index >= 15 is 0 Å². The van der Waals surface area contributed by atoms with E-state index in [2.05, 4.69) is 16.8 Å². The number of aromatic nitrogens is 1. The second-order valence-electron chi connectivity index (χ2n) is 2.15. The molecule has 0 aliphatic heterocycles. The van der Waals surface area contributed by atoms with E-state index in [0.717, 1.165) is 11.3 Å². The highest BCUT2D eigenvalue weighted by molar-refractivity contribution is 6.29. The van der Waals surface area contributed by atoms with Crippen molar-refractivity contribution in [2.75, 3.05) is 0 Å². The minimum atomic E-state index is 0.434. The van der Waals surface area contributed by atoms with Crippen LogP contribution < -0.4 is 0 Å². The zero-order valence-electron chi connectivity index (χ0n) is 6.47. The Balaban J connectivity index is 3.09. The summed E-state index contributed by atoms with van der Waals surface area (Å²) in [7, 11) is 0. The monoisotopic (exact) mass is 179 g/mol. The van der Waals surface area contributed by atoms with Crippen LogP contribution in [0.25, 0.3) is 0 Å². The molecule has 0 amide bonds. The fourth-order valence-corrected chi connectivity index (χ4v) is 0.960. The summed E-state index contributed by atoms with van der Waals surface area (Å²) >= 11 is 5.62. The maximum absolute atomic E-state index is 9.94. The summed E-state index contributed by atoms with van der Waals surface area (Å²) in [5, 5.41) is 0.434. The molecule has 1 heterocycles. The van der Waals surface area contributed by atoms with Gasteiger partial charge in [-0.1, -0.05) is 17.5 Å². The SMILES string of the molecule is Cc1nc(Cl)ccc1C#CC=O. The number of pyridine rings is 1.